The minimum atomic E-state index is -2.67. The molecule has 0 saturated carbocycles. The largest absolute Gasteiger partial charge is 0.496 e. The van der Waals surface area contributed by atoms with Gasteiger partial charge in [0.15, 0.2) is 0 Å². The average molecular weight is 387 g/mol. The van der Waals surface area contributed by atoms with Crippen LogP contribution in [-0.4, -0.2) is 24.7 Å². The van der Waals surface area contributed by atoms with Crippen LogP contribution in [0.1, 0.15) is 20.7 Å². The first-order valence-electron chi connectivity index (χ1n) is 6.90. The van der Waals surface area contributed by atoms with Gasteiger partial charge >= 0.3 is 0 Å². The molecule has 132 valence electrons. The number of methoxy groups -OCH3 is 1. The molecule has 0 atom stereocenters. The van der Waals surface area contributed by atoms with E-state index in [9.17, 15) is 18.4 Å². The molecule has 0 radical (unpaired) electrons. The van der Waals surface area contributed by atoms with Crippen LogP contribution in [0.3, 0.4) is 0 Å². The summed E-state index contributed by atoms with van der Waals surface area (Å²) in [7, 11) is 1.39. The average Bonchev–Trinajstić information content (AvgIpc) is 2.59. The van der Waals surface area contributed by atoms with Crippen molar-refractivity contribution >= 4 is 35.2 Å². The molecule has 25 heavy (non-hydrogen) atoms. The van der Waals surface area contributed by atoms with Crippen molar-refractivity contribution in [3.63, 3.8) is 0 Å². The first-order chi connectivity index (χ1) is 11.9. The lowest BCUT2D eigenvalue weighted by molar-refractivity contribution is 0.0843. The van der Waals surface area contributed by atoms with Crippen LogP contribution >= 0.6 is 23.4 Å². The van der Waals surface area contributed by atoms with Gasteiger partial charge in [-0.25, -0.2) is 0 Å². The van der Waals surface area contributed by atoms with Gasteiger partial charge in [0, 0.05) is 9.92 Å². The molecule has 0 unspecified atom stereocenters. The van der Waals surface area contributed by atoms with Gasteiger partial charge in [-0.2, -0.15) is 8.78 Å². The van der Waals surface area contributed by atoms with Crippen molar-refractivity contribution in [2.45, 2.75) is 10.7 Å². The number of thioether (sulfide) groups is 1. The van der Waals surface area contributed by atoms with Crippen molar-refractivity contribution < 1.29 is 23.1 Å². The zero-order chi connectivity index (χ0) is 18.4. The Morgan fingerprint density at radius 2 is 1.72 bits per heavy atom. The summed E-state index contributed by atoms with van der Waals surface area (Å²) in [6.07, 6.45) is 0. The summed E-state index contributed by atoms with van der Waals surface area (Å²) in [5, 5.41) is 0.316. The first-order valence-corrected chi connectivity index (χ1v) is 8.16. The number of amides is 2. The van der Waals surface area contributed by atoms with Crippen LogP contribution in [0.15, 0.2) is 47.4 Å². The highest BCUT2D eigenvalue weighted by atomic mass is 35.5. The second kappa shape index (κ2) is 8.68. The maximum atomic E-state index is 12.6. The van der Waals surface area contributed by atoms with Crippen LogP contribution in [0.25, 0.3) is 0 Å². The summed E-state index contributed by atoms with van der Waals surface area (Å²) in [6, 6.07) is 10.3. The summed E-state index contributed by atoms with van der Waals surface area (Å²) < 4.78 is 30.2. The lowest BCUT2D eigenvalue weighted by atomic mass is 10.2. The maximum absolute atomic E-state index is 12.6. The van der Waals surface area contributed by atoms with Crippen LogP contribution in [0, 0.1) is 0 Å². The third-order valence-electron chi connectivity index (χ3n) is 3.04. The van der Waals surface area contributed by atoms with Crippen LogP contribution in [0.5, 0.6) is 5.75 Å². The monoisotopic (exact) mass is 386 g/mol. The fraction of sp³-hybridized carbons (Fsp3) is 0.125. The minimum Gasteiger partial charge on any atom is -0.496 e. The number of hydrogen-bond acceptors (Lipinski definition) is 4. The van der Waals surface area contributed by atoms with Gasteiger partial charge in [-0.3, -0.25) is 20.4 Å². The summed E-state index contributed by atoms with van der Waals surface area (Å²) in [6.45, 7) is 0. The van der Waals surface area contributed by atoms with Gasteiger partial charge in [0.2, 0.25) is 0 Å². The number of carbonyl (C=O) groups excluding carboxylic acids is 2. The summed E-state index contributed by atoms with van der Waals surface area (Å²) in [5.74, 6) is -3.78. The molecule has 0 bridgehead atoms. The molecule has 0 aliphatic carbocycles. The van der Waals surface area contributed by atoms with Crippen molar-refractivity contribution in [3.8, 4) is 5.75 Å². The van der Waals surface area contributed by atoms with Gasteiger partial charge < -0.3 is 4.74 Å². The molecule has 0 saturated heterocycles. The van der Waals surface area contributed by atoms with Crippen LogP contribution in [0.4, 0.5) is 8.78 Å². The molecule has 2 N–H and O–H groups in total. The number of hydrogen-bond donors (Lipinski definition) is 2. The molecule has 2 aromatic carbocycles. The fourth-order valence-corrected chi connectivity index (χ4v) is 2.77. The molecule has 0 aromatic heterocycles. The highest BCUT2D eigenvalue weighted by Gasteiger charge is 2.17. The van der Waals surface area contributed by atoms with E-state index >= 15 is 0 Å². The van der Waals surface area contributed by atoms with E-state index in [4.69, 9.17) is 16.3 Å². The second-order valence-electron chi connectivity index (χ2n) is 4.63. The molecular formula is C16H13ClF2N2O3S. The predicted octanol–water partition coefficient (Wildman–Crippen LogP) is 3.74. The van der Waals surface area contributed by atoms with Crippen molar-refractivity contribution in [2.24, 2.45) is 0 Å². The van der Waals surface area contributed by atoms with E-state index in [0.29, 0.717) is 5.02 Å². The van der Waals surface area contributed by atoms with Crippen LogP contribution in [-0.2, 0) is 0 Å². The summed E-state index contributed by atoms with van der Waals surface area (Å²) >= 11 is 6.10. The number of halogens is 3. The van der Waals surface area contributed by atoms with Gasteiger partial charge in [-0.1, -0.05) is 35.5 Å². The topological polar surface area (TPSA) is 67.4 Å². The molecule has 0 aliphatic rings. The lowest BCUT2D eigenvalue weighted by Crippen LogP contribution is -2.42. The molecule has 0 fully saturated rings. The van der Waals surface area contributed by atoms with Gasteiger partial charge in [-0.15, -0.1) is 0 Å². The Bertz CT molecular complexity index is 790. The molecule has 2 amide bonds. The molecule has 5 nitrogen and oxygen atoms in total. The van der Waals surface area contributed by atoms with E-state index in [1.54, 1.807) is 6.07 Å². The van der Waals surface area contributed by atoms with Gasteiger partial charge in [0.25, 0.3) is 17.6 Å². The number of hydrazine groups is 1. The Balaban J connectivity index is 2.10. The number of nitrogens with one attached hydrogen (secondary N) is 2. The molecule has 0 heterocycles. The number of benzene rings is 2. The third-order valence-corrected chi connectivity index (χ3v) is 4.07. The third kappa shape index (κ3) is 5.07. The normalized spacial score (nSPS) is 10.4. The molecule has 2 rings (SSSR count). The van der Waals surface area contributed by atoms with Crippen LogP contribution in [0.2, 0.25) is 5.02 Å². The van der Waals surface area contributed by atoms with Crippen molar-refractivity contribution in [2.75, 3.05) is 7.11 Å². The molecular weight excluding hydrogens is 374 g/mol. The van der Waals surface area contributed by atoms with E-state index in [0.717, 1.165) is 0 Å². The molecule has 9 heteroatoms. The highest BCUT2D eigenvalue weighted by molar-refractivity contribution is 7.99. The number of ether oxygens (including phenoxy) is 1. The van der Waals surface area contributed by atoms with Gasteiger partial charge in [0.05, 0.1) is 18.2 Å². The summed E-state index contributed by atoms with van der Waals surface area (Å²) in [5.41, 5.74) is 4.53. The first kappa shape index (κ1) is 19.0. The lowest BCUT2D eigenvalue weighted by Gasteiger charge is -2.12. The van der Waals surface area contributed by atoms with E-state index in [1.807, 2.05) is 0 Å². The Labute approximate surface area is 151 Å². The SMILES string of the molecule is COc1ccc(Cl)cc1C(=O)NNC(=O)c1ccccc1SC(F)F. The fourth-order valence-electron chi connectivity index (χ4n) is 1.96. The molecule has 0 spiro atoms. The number of alkyl halides is 2. The van der Waals surface area contributed by atoms with E-state index in [1.165, 1.54) is 43.5 Å². The number of rotatable bonds is 5. The molecule has 0 aliphatic heterocycles. The minimum absolute atomic E-state index is 0.0196. The predicted molar refractivity (Wildman–Crippen MR) is 91.2 cm³/mol. The Morgan fingerprint density at radius 3 is 2.36 bits per heavy atom. The zero-order valence-electron chi connectivity index (χ0n) is 12.9. The van der Waals surface area contributed by atoms with E-state index in [-0.39, 0.29) is 33.5 Å². The van der Waals surface area contributed by atoms with Crippen molar-refractivity contribution in [3.05, 3.63) is 58.6 Å². The smallest absolute Gasteiger partial charge is 0.288 e. The quantitative estimate of drug-likeness (QED) is 0.607. The van der Waals surface area contributed by atoms with Gasteiger partial charge in [0.1, 0.15) is 5.75 Å². The van der Waals surface area contributed by atoms with Crippen LogP contribution < -0.4 is 15.6 Å². The molecule has 2 aromatic rings. The Hall–Kier alpha value is -2.32. The standard InChI is InChI=1S/C16H13ClF2N2O3S/c1-24-12-7-6-9(17)8-11(12)15(23)21-20-14(22)10-4-2-3-5-13(10)25-16(18)19/h2-8,16H,1H3,(H,20,22)(H,21,23). The van der Waals surface area contributed by atoms with E-state index in [2.05, 4.69) is 10.9 Å². The van der Waals surface area contributed by atoms with Gasteiger partial charge in [-0.05, 0) is 30.3 Å². The maximum Gasteiger partial charge on any atom is 0.288 e. The summed E-state index contributed by atoms with van der Waals surface area (Å²) in [4.78, 5) is 24.4. The Morgan fingerprint density at radius 1 is 1.08 bits per heavy atom. The number of carbonyl (C=O) groups is 2. The van der Waals surface area contributed by atoms with Crippen molar-refractivity contribution in [1.29, 1.82) is 0 Å². The Kier molecular flexibility index (Phi) is 6.60. The highest BCUT2D eigenvalue weighted by Crippen LogP contribution is 2.28. The second-order valence-corrected chi connectivity index (χ2v) is 6.10. The van der Waals surface area contributed by atoms with Crippen molar-refractivity contribution in [1.82, 2.24) is 10.9 Å². The zero-order valence-corrected chi connectivity index (χ0v) is 14.5. The van der Waals surface area contributed by atoms with E-state index < -0.39 is 17.6 Å².